The summed E-state index contributed by atoms with van der Waals surface area (Å²) in [6.07, 6.45) is 2.43. The van der Waals surface area contributed by atoms with Crippen LogP contribution in [-0.4, -0.2) is 46.9 Å². The fourth-order valence-electron chi connectivity index (χ4n) is 4.37. The van der Waals surface area contributed by atoms with Gasteiger partial charge in [0.15, 0.2) is 0 Å². The zero-order valence-corrected chi connectivity index (χ0v) is 21.7. The second-order valence-corrected chi connectivity index (χ2v) is 9.31. The van der Waals surface area contributed by atoms with E-state index in [1.807, 2.05) is 54.6 Å². The lowest BCUT2D eigenvalue weighted by Gasteiger charge is -2.15. The number of alkyl carbamates (subject to hydrolysis) is 1. The molecular formula is C30H35N3O6. The molecule has 0 aromatic heterocycles. The summed E-state index contributed by atoms with van der Waals surface area (Å²) in [5, 5.41) is 20.2. The van der Waals surface area contributed by atoms with Gasteiger partial charge in [0, 0.05) is 6.42 Å². The number of unbranched alkanes of at least 4 members (excludes halogenated alkanes) is 1. The number of hydrogen-bond donors (Lipinski definition) is 5. The predicted molar refractivity (Wildman–Crippen MR) is 148 cm³/mol. The van der Waals surface area contributed by atoms with Crippen molar-refractivity contribution in [2.24, 2.45) is 11.5 Å². The van der Waals surface area contributed by atoms with E-state index in [2.05, 4.69) is 23.5 Å². The number of carbonyl (C=O) groups excluding carboxylic acids is 1. The molecule has 0 saturated carbocycles. The molecule has 0 radical (unpaired) electrons. The average Bonchev–Trinajstić information content (AvgIpc) is 3.32. The van der Waals surface area contributed by atoms with E-state index in [-0.39, 0.29) is 13.0 Å². The Kier molecular flexibility index (Phi) is 11.0. The van der Waals surface area contributed by atoms with Crippen molar-refractivity contribution < 1.29 is 29.3 Å². The predicted octanol–water partition coefficient (Wildman–Crippen LogP) is 3.71. The van der Waals surface area contributed by atoms with E-state index >= 15 is 0 Å². The fourth-order valence-corrected chi connectivity index (χ4v) is 4.37. The summed E-state index contributed by atoms with van der Waals surface area (Å²) in [6.45, 7) is 0.701. The number of carbonyl (C=O) groups is 3. The van der Waals surface area contributed by atoms with Gasteiger partial charge in [-0.2, -0.15) is 0 Å². The maximum atomic E-state index is 12.2. The van der Waals surface area contributed by atoms with Crippen LogP contribution < -0.4 is 16.8 Å². The van der Waals surface area contributed by atoms with E-state index in [9.17, 15) is 19.5 Å². The van der Waals surface area contributed by atoms with E-state index in [0.717, 1.165) is 41.5 Å². The SMILES string of the molecule is NCCCCC(N)C(=O)O.O=C(NC(Cc1ccccc1)C(=O)O)OCc1cccc2c1Cc1ccccc1-2. The summed E-state index contributed by atoms with van der Waals surface area (Å²) in [7, 11) is 0. The van der Waals surface area contributed by atoms with Crippen LogP contribution in [0.25, 0.3) is 11.1 Å². The van der Waals surface area contributed by atoms with Crippen LogP contribution in [-0.2, 0) is 33.8 Å². The van der Waals surface area contributed by atoms with Gasteiger partial charge in [0.25, 0.3) is 0 Å². The maximum absolute atomic E-state index is 12.2. The number of benzene rings is 3. The molecule has 0 fully saturated rings. The molecule has 9 nitrogen and oxygen atoms in total. The largest absolute Gasteiger partial charge is 0.480 e. The number of nitrogens with one attached hydrogen (secondary N) is 1. The molecule has 9 heteroatoms. The number of amides is 1. The number of fused-ring (bicyclic) bond motifs is 3. The molecular weight excluding hydrogens is 498 g/mol. The first-order chi connectivity index (χ1) is 18.8. The van der Waals surface area contributed by atoms with Gasteiger partial charge in [-0.1, -0.05) is 79.2 Å². The quantitative estimate of drug-likeness (QED) is 0.182. The van der Waals surface area contributed by atoms with Crippen LogP contribution in [0.15, 0.2) is 72.8 Å². The van der Waals surface area contributed by atoms with Crippen molar-refractivity contribution >= 4 is 18.0 Å². The highest BCUT2D eigenvalue weighted by Crippen LogP contribution is 2.38. The number of nitrogens with two attached hydrogens (primary N) is 2. The van der Waals surface area contributed by atoms with Crippen molar-refractivity contribution in [3.63, 3.8) is 0 Å². The topological polar surface area (TPSA) is 165 Å². The van der Waals surface area contributed by atoms with Crippen molar-refractivity contribution in [3.8, 4) is 11.1 Å². The second kappa shape index (κ2) is 14.7. The van der Waals surface area contributed by atoms with Gasteiger partial charge in [-0.15, -0.1) is 0 Å². The lowest BCUT2D eigenvalue weighted by molar-refractivity contribution is -0.140. The van der Waals surface area contributed by atoms with Gasteiger partial charge in [-0.05, 0) is 59.2 Å². The molecule has 1 amide bonds. The maximum Gasteiger partial charge on any atom is 0.408 e. The minimum Gasteiger partial charge on any atom is -0.480 e. The molecule has 1 aliphatic carbocycles. The Morgan fingerprint density at radius 2 is 1.56 bits per heavy atom. The Bertz CT molecular complexity index is 1260. The molecule has 0 aliphatic heterocycles. The minimum absolute atomic E-state index is 0.0979. The van der Waals surface area contributed by atoms with Gasteiger partial charge in [0.1, 0.15) is 18.7 Å². The summed E-state index contributed by atoms with van der Waals surface area (Å²) in [5.74, 6) is -2.03. The molecule has 3 aromatic carbocycles. The Labute approximate surface area is 227 Å². The molecule has 1 aliphatic rings. The molecule has 0 bridgehead atoms. The summed E-state index contributed by atoms with van der Waals surface area (Å²) < 4.78 is 5.36. The van der Waals surface area contributed by atoms with Crippen LogP contribution in [0.2, 0.25) is 0 Å². The number of hydrogen-bond acceptors (Lipinski definition) is 6. The van der Waals surface area contributed by atoms with E-state index in [1.165, 1.54) is 11.1 Å². The van der Waals surface area contributed by atoms with Crippen LogP contribution in [0.4, 0.5) is 4.79 Å². The number of aliphatic carboxylic acids is 2. The lowest BCUT2D eigenvalue weighted by Crippen LogP contribution is -2.42. The number of ether oxygens (including phenoxy) is 1. The minimum atomic E-state index is -1.10. The number of rotatable bonds is 11. The number of carboxylic acid groups (broad SMARTS) is 2. The molecule has 0 spiro atoms. The molecule has 7 N–H and O–H groups in total. The Morgan fingerprint density at radius 3 is 2.26 bits per heavy atom. The van der Waals surface area contributed by atoms with Crippen molar-refractivity contribution in [2.45, 2.75) is 50.8 Å². The summed E-state index contributed by atoms with van der Waals surface area (Å²) >= 11 is 0. The molecule has 2 unspecified atom stereocenters. The van der Waals surface area contributed by atoms with Gasteiger partial charge in [-0.25, -0.2) is 9.59 Å². The smallest absolute Gasteiger partial charge is 0.408 e. The van der Waals surface area contributed by atoms with Gasteiger partial charge in [-0.3, -0.25) is 4.79 Å². The van der Waals surface area contributed by atoms with E-state index in [0.29, 0.717) is 13.0 Å². The van der Waals surface area contributed by atoms with E-state index < -0.39 is 30.1 Å². The molecule has 39 heavy (non-hydrogen) atoms. The third-order valence-electron chi connectivity index (χ3n) is 6.47. The Hall–Kier alpha value is -4.21. The molecule has 2 atom stereocenters. The third kappa shape index (κ3) is 8.66. The molecule has 206 valence electrons. The first kappa shape index (κ1) is 29.3. The van der Waals surface area contributed by atoms with Crippen molar-refractivity contribution in [2.75, 3.05) is 6.54 Å². The van der Waals surface area contributed by atoms with Gasteiger partial charge in [0.05, 0.1) is 0 Å². The van der Waals surface area contributed by atoms with E-state index in [4.69, 9.17) is 21.3 Å². The van der Waals surface area contributed by atoms with Crippen LogP contribution in [0, 0.1) is 0 Å². The molecule has 3 aromatic rings. The molecule has 0 saturated heterocycles. The lowest BCUT2D eigenvalue weighted by atomic mass is 10.0. The number of carboxylic acids is 2. The highest BCUT2D eigenvalue weighted by atomic mass is 16.5. The first-order valence-electron chi connectivity index (χ1n) is 12.9. The Balaban J connectivity index is 0.000000360. The summed E-state index contributed by atoms with van der Waals surface area (Å²) in [4.78, 5) is 33.9. The van der Waals surface area contributed by atoms with Crippen LogP contribution in [0.5, 0.6) is 0 Å². The van der Waals surface area contributed by atoms with Crippen molar-refractivity contribution in [3.05, 3.63) is 95.1 Å². The van der Waals surface area contributed by atoms with Crippen LogP contribution in [0.3, 0.4) is 0 Å². The zero-order valence-electron chi connectivity index (χ0n) is 21.7. The molecule has 0 heterocycles. The fraction of sp³-hybridized carbons (Fsp3) is 0.300. The average molecular weight is 534 g/mol. The standard InChI is InChI=1S/C24H21NO4.C6H14N2O2/c26-23(27)22(13-16-7-2-1-3-8-16)25-24(28)29-15-18-10-6-12-20-19-11-5-4-9-17(19)14-21(18)20;7-4-2-1-3-5(8)6(9)10/h1-12,22H,13-15H2,(H,25,28)(H,26,27);5H,1-4,7-8H2,(H,9,10). The van der Waals surface area contributed by atoms with Gasteiger partial charge in [0.2, 0.25) is 0 Å². The summed E-state index contributed by atoms with van der Waals surface area (Å²) in [6, 6.07) is 21.6. The molecule has 4 rings (SSSR count). The van der Waals surface area contributed by atoms with Crippen molar-refractivity contribution in [1.29, 1.82) is 0 Å². The van der Waals surface area contributed by atoms with Crippen LogP contribution in [0.1, 0.15) is 41.5 Å². The highest BCUT2D eigenvalue weighted by Gasteiger charge is 2.23. The normalized spacial score (nSPS) is 12.7. The highest BCUT2D eigenvalue weighted by molar-refractivity contribution is 5.80. The first-order valence-corrected chi connectivity index (χ1v) is 12.9. The van der Waals surface area contributed by atoms with E-state index in [1.54, 1.807) is 0 Å². The zero-order chi connectivity index (χ0) is 28.2. The Morgan fingerprint density at radius 1 is 0.872 bits per heavy atom. The third-order valence-corrected chi connectivity index (χ3v) is 6.47. The van der Waals surface area contributed by atoms with Gasteiger partial charge < -0.3 is 31.7 Å². The van der Waals surface area contributed by atoms with Gasteiger partial charge >= 0.3 is 18.0 Å². The second-order valence-electron chi connectivity index (χ2n) is 9.31. The summed E-state index contributed by atoms with van der Waals surface area (Å²) in [5.41, 5.74) is 17.0. The monoisotopic (exact) mass is 533 g/mol. The van der Waals surface area contributed by atoms with Crippen LogP contribution >= 0.6 is 0 Å². The van der Waals surface area contributed by atoms with Crippen molar-refractivity contribution in [1.82, 2.24) is 5.32 Å².